The fraction of sp³-hybridized carbons (Fsp3) is 0.273. The van der Waals surface area contributed by atoms with E-state index < -0.39 is 0 Å². The Hall–Kier alpha value is -2.37. The third-order valence-electron chi connectivity index (χ3n) is 4.85. The Balaban J connectivity index is 1.81. The second kappa shape index (κ2) is 9.22. The number of carbonyl (C=O) groups is 1. The molecule has 0 aliphatic heterocycles. The molecule has 0 spiro atoms. The zero-order valence-electron chi connectivity index (χ0n) is 16.1. The summed E-state index contributed by atoms with van der Waals surface area (Å²) in [5.41, 5.74) is 5.31. The van der Waals surface area contributed by atoms with E-state index in [1.165, 1.54) is 17.1 Å². The lowest BCUT2D eigenvalue weighted by Crippen LogP contribution is -2.01. The summed E-state index contributed by atoms with van der Waals surface area (Å²) in [4.78, 5) is 11.6. The van der Waals surface area contributed by atoms with E-state index in [9.17, 15) is 4.79 Å². The fourth-order valence-corrected chi connectivity index (χ4v) is 4.12. The number of nitrogens with zero attached hydrogens (tertiary/aromatic N) is 1. The first-order chi connectivity index (χ1) is 13.5. The van der Waals surface area contributed by atoms with E-state index in [4.69, 9.17) is 21.1 Å². The molecule has 4 nitrogen and oxygen atoms in total. The number of hydrogen-bond acceptors (Lipinski definition) is 5. The summed E-state index contributed by atoms with van der Waals surface area (Å²) in [5, 5.41) is 0.466. The van der Waals surface area contributed by atoms with E-state index in [1.54, 1.807) is 7.11 Å². The molecule has 0 saturated heterocycles. The van der Waals surface area contributed by atoms with Crippen molar-refractivity contribution < 1.29 is 14.3 Å². The monoisotopic (exact) mass is 415 g/mol. The van der Waals surface area contributed by atoms with Crippen LogP contribution in [0.5, 0.6) is 11.5 Å². The van der Waals surface area contributed by atoms with Crippen LogP contribution in [0.3, 0.4) is 0 Å². The summed E-state index contributed by atoms with van der Waals surface area (Å²) in [5.74, 6) is 1.62. The quantitative estimate of drug-likeness (QED) is 0.436. The molecule has 1 aromatic heterocycles. The van der Waals surface area contributed by atoms with Crippen molar-refractivity contribution in [2.75, 3.05) is 7.11 Å². The molecule has 2 aromatic carbocycles. The lowest BCUT2D eigenvalue weighted by molar-refractivity contribution is -0.107. The third kappa shape index (κ3) is 4.37. The molecule has 3 aromatic rings. The molecule has 0 fully saturated rings. The SMILES string of the molecule is COc1ccc(-c2snc(Cl)c2COc2ccc(CCC=O)c(C)c2C)cc1. The van der Waals surface area contributed by atoms with Gasteiger partial charge in [-0.2, -0.15) is 4.37 Å². The van der Waals surface area contributed by atoms with Gasteiger partial charge in [0.15, 0.2) is 0 Å². The highest BCUT2D eigenvalue weighted by Gasteiger charge is 2.16. The molecule has 0 bridgehead atoms. The number of aryl methyl sites for hydroxylation is 1. The number of methoxy groups -OCH3 is 1. The normalized spacial score (nSPS) is 10.7. The first-order valence-corrected chi connectivity index (χ1v) is 10.1. The summed E-state index contributed by atoms with van der Waals surface area (Å²) in [7, 11) is 1.65. The molecule has 146 valence electrons. The van der Waals surface area contributed by atoms with Crippen LogP contribution in [0.1, 0.15) is 28.7 Å². The van der Waals surface area contributed by atoms with Crippen LogP contribution >= 0.6 is 23.1 Å². The number of carbonyl (C=O) groups excluding carboxylic acids is 1. The molecular formula is C22H22ClNO3S. The first-order valence-electron chi connectivity index (χ1n) is 8.99. The Bertz CT molecular complexity index is 967. The zero-order chi connectivity index (χ0) is 20.1. The highest BCUT2D eigenvalue weighted by molar-refractivity contribution is 7.10. The predicted octanol–water partition coefficient (Wildman–Crippen LogP) is 5.80. The summed E-state index contributed by atoms with van der Waals surface area (Å²) >= 11 is 7.70. The van der Waals surface area contributed by atoms with Crippen LogP contribution in [-0.2, 0) is 17.8 Å². The van der Waals surface area contributed by atoms with E-state index in [0.717, 1.165) is 51.3 Å². The van der Waals surface area contributed by atoms with E-state index in [0.29, 0.717) is 18.2 Å². The van der Waals surface area contributed by atoms with E-state index in [-0.39, 0.29) is 0 Å². The molecule has 1 heterocycles. The summed E-state index contributed by atoms with van der Waals surface area (Å²) < 4.78 is 15.6. The van der Waals surface area contributed by atoms with Crippen molar-refractivity contribution in [1.82, 2.24) is 4.37 Å². The van der Waals surface area contributed by atoms with Crippen LogP contribution in [0.15, 0.2) is 36.4 Å². The summed E-state index contributed by atoms with van der Waals surface area (Å²) in [6, 6.07) is 11.8. The maximum atomic E-state index is 10.6. The molecule has 0 atom stereocenters. The third-order valence-corrected chi connectivity index (χ3v) is 6.20. The topological polar surface area (TPSA) is 48.4 Å². The Morgan fingerprint density at radius 3 is 2.54 bits per heavy atom. The zero-order valence-corrected chi connectivity index (χ0v) is 17.7. The Morgan fingerprint density at radius 2 is 1.86 bits per heavy atom. The predicted molar refractivity (Wildman–Crippen MR) is 114 cm³/mol. The van der Waals surface area contributed by atoms with Crippen molar-refractivity contribution >= 4 is 29.4 Å². The molecule has 28 heavy (non-hydrogen) atoms. The van der Waals surface area contributed by atoms with Crippen molar-refractivity contribution in [1.29, 1.82) is 0 Å². The van der Waals surface area contributed by atoms with Gasteiger partial charge < -0.3 is 14.3 Å². The van der Waals surface area contributed by atoms with Crippen LogP contribution in [-0.4, -0.2) is 17.8 Å². The van der Waals surface area contributed by atoms with Crippen LogP contribution in [0.25, 0.3) is 10.4 Å². The number of rotatable bonds is 8. The molecule has 0 N–H and O–H groups in total. The minimum Gasteiger partial charge on any atom is -0.497 e. The van der Waals surface area contributed by atoms with Crippen LogP contribution in [0.4, 0.5) is 0 Å². The van der Waals surface area contributed by atoms with Crippen molar-refractivity contribution in [3.05, 3.63) is 63.8 Å². The molecule has 0 aliphatic carbocycles. The Morgan fingerprint density at radius 1 is 1.11 bits per heavy atom. The average molecular weight is 416 g/mol. The number of aldehydes is 1. The number of halogens is 1. The Kier molecular flexibility index (Phi) is 6.70. The van der Waals surface area contributed by atoms with Crippen molar-refractivity contribution in [2.24, 2.45) is 0 Å². The highest BCUT2D eigenvalue weighted by atomic mass is 35.5. The van der Waals surface area contributed by atoms with Gasteiger partial charge in [-0.3, -0.25) is 0 Å². The average Bonchev–Trinajstić information content (AvgIpc) is 3.09. The van der Waals surface area contributed by atoms with E-state index >= 15 is 0 Å². The highest BCUT2D eigenvalue weighted by Crippen LogP contribution is 2.35. The fourth-order valence-electron chi connectivity index (χ4n) is 3.03. The maximum absolute atomic E-state index is 10.6. The van der Waals surface area contributed by atoms with Crippen molar-refractivity contribution in [3.8, 4) is 21.9 Å². The van der Waals surface area contributed by atoms with Gasteiger partial charge in [0.1, 0.15) is 29.5 Å². The van der Waals surface area contributed by atoms with Gasteiger partial charge in [-0.25, -0.2) is 0 Å². The number of benzene rings is 2. The smallest absolute Gasteiger partial charge is 0.150 e. The van der Waals surface area contributed by atoms with Gasteiger partial charge in [0.05, 0.1) is 12.0 Å². The number of ether oxygens (including phenoxy) is 2. The summed E-state index contributed by atoms with van der Waals surface area (Å²) in [6.45, 7) is 4.43. The van der Waals surface area contributed by atoms with Crippen molar-refractivity contribution in [3.63, 3.8) is 0 Å². The van der Waals surface area contributed by atoms with Gasteiger partial charge in [0.25, 0.3) is 0 Å². The Labute approximate surface area is 174 Å². The van der Waals surface area contributed by atoms with Crippen molar-refractivity contribution in [2.45, 2.75) is 33.3 Å². The number of aromatic nitrogens is 1. The molecule has 3 rings (SSSR count). The molecule has 0 saturated carbocycles. The molecule has 0 aliphatic rings. The minimum absolute atomic E-state index is 0.338. The first kappa shape index (κ1) is 20.4. The lowest BCUT2D eigenvalue weighted by atomic mass is 9.99. The van der Waals surface area contributed by atoms with Gasteiger partial charge in [0.2, 0.25) is 0 Å². The molecule has 0 amide bonds. The standard InChI is InChI=1S/C22H22ClNO3S/c1-14-15(2)20(11-8-16(14)5-4-12-25)27-13-19-21(28-24-22(19)23)17-6-9-18(26-3)10-7-17/h6-12H,4-5,13H2,1-3H3. The van der Waals surface area contributed by atoms with Gasteiger partial charge in [-0.05, 0) is 84.4 Å². The van der Waals surface area contributed by atoms with E-state index in [2.05, 4.69) is 11.3 Å². The maximum Gasteiger partial charge on any atom is 0.150 e. The molecule has 0 unspecified atom stereocenters. The lowest BCUT2D eigenvalue weighted by Gasteiger charge is -2.14. The number of hydrogen-bond donors (Lipinski definition) is 0. The molecule has 0 radical (unpaired) electrons. The minimum atomic E-state index is 0.338. The van der Waals surface area contributed by atoms with Gasteiger partial charge in [0, 0.05) is 12.0 Å². The molecular weight excluding hydrogens is 394 g/mol. The van der Waals surface area contributed by atoms with Crippen LogP contribution in [0.2, 0.25) is 5.15 Å². The molecule has 6 heteroatoms. The van der Waals surface area contributed by atoms with Gasteiger partial charge >= 0.3 is 0 Å². The second-order valence-electron chi connectivity index (χ2n) is 6.48. The summed E-state index contributed by atoms with van der Waals surface area (Å²) in [6.07, 6.45) is 2.23. The largest absolute Gasteiger partial charge is 0.497 e. The second-order valence-corrected chi connectivity index (χ2v) is 7.61. The van der Waals surface area contributed by atoms with Crippen LogP contribution in [0, 0.1) is 13.8 Å². The van der Waals surface area contributed by atoms with Gasteiger partial charge in [-0.15, -0.1) is 0 Å². The van der Waals surface area contributed by atoms with Gasteiger partial charge in [-0.1, -0.05) is 17.7 Å². The van der Waals surface area contributed by atoms with E-state index in [1.807, 2.05) is 43.3 Å². The van der Waals surface area contributed by atoms with Crippen LogP contribution < -0.4 is 9.47 Å².